The maximum Gasteiger partial charge on any atom is 0.262 e. The average molecular weight is 351 g/mol. The molecular weight excluding hydrogens is 338 g/mol. The summed E-state index contributed by atoms with van der Waals surface area (Å²) >= 11 is 0. The number of carbonyl (C=O) groups excluding carboxylic acids is 2. The van der Waals surface area contributed by atoms with Gasteiger partial charge in [0.1, 0.15) is 5.82 Å². The Hall–Kier alpha value is -3.82. The molecule has 2 aromatic heterocycles. The molecule has 1 aromatic carbocycles. The second-order valence-corrected chi connectivity index (χ2v) is 5.63. The lowest BCUT2D eigenvalue weighted by Crippen LogP contribution is -2.24. The zero-order chi connectivity index (χ0) is 18.4. The molecule has 3 heterocycles. The number of anilines is 1. The van der Waals surface area contributed by atoms with E-state index in [0.29, 0.717) is 23.6 Å². The number of nitrogen functional groups attached to an aromatic ring is 1. The first-order chi connectivity index (χ1) is 12.5. The molecule has 0 saturated heterocycles. The third-order valence-corrected chi connectivity index (χ3v) is 4.05. The van der Waals surface area contributed by atoms with E-state index in [1.807, 2.05) is 6.92 Å². The number of tetrazole rings is 1. The molecule has 0 spiro atoms. The molecule has 10 heteroatoms. The number of imide groups is 1. The van der Waals surface area contributed by atoms with Crippen molar-refractivity contribution in [2.75, 3.05) is 5.73 Å². The van der Waals surface area contributed by atoms with Gasteiger partial charge in [-0.15, -0.1) is 10.2 Å². The zero-order valence-corrected chi connectivity index (χ0v) is 13.6. The summed E-state index contributed by atoms with van der Waals surface area (Å²) in [7, 11) is 0. The van der Waals surface area contributed by atoms with Crippen LogP contribution in [0.2, 0.25) is 0 Å². The fourth-order valence-corrected chi connectivity index (χ4v) is 2.82. The monoisotopic (exact) mass is 351 g/mol. The highest BCUT2D eigenvalue weighted by Crippen LogP contribution is 2.24. The summed E-state index contributed by atoms with van der Waals surface area (Å²) in [6.07, 6.45) is 0. The van der Waals surface area contributed by atoms with Crippen LogP contribution < -0.4 is 16.6 Å². The number of nitrogens with one attached hydrogen (secondary N) is 1. The molecule has 26 heavy (non-hydrogen) atoms. The summed E-state index contributed by atoms with van der Waals surface area (Å²) in [4.78, 5) is 37.6. The molecule has 2 amide bonds. The Balaban J connectivity index is 1.88. The van der Waals surface area contributed by atoms with Crippen molar-refractivity contribution in [3.8, 4) is 17.1 Å². The number of aromatic nitrogens is 5. The number of carbonyl (C=O) groups is 2. The van der Waals surface area contributed by atoms with Gasteiger partial charge in [0.15, 0.2) is 0 Å². The maximum absolute atomic E-state index is 12.5. The van der Waals surface area contributed by atoms with Gasteiger partial charge in [0.25, 0.3) is 17.4 Å². The van der Waals surface area contributed by atoms with Gasteiger partial charge in [0, 0.05) is 11.6 Å². The molecule has 4 rings (SSSR count). The molecule has 10 nitrogen and oxygen atoms in total. The Kier molecular flexibility index (Phi) is 3.39. The minimum absolute atomic E-state index is 0.00458. The summed E-state index contributed by atoms with van der Waals surface area (Å²) in [6.45, 7) is 2.46. The van der Waals surface area contributed by atoms with Gasteiger partial charge < -0.3 is 5.73 Å². The van der Waals surface area contributed by atoms with E-state index in [2.05, 4.69) is 20.7 Å². The van der Waals surface area contributed by atoms with E-state index in [4.69, 9.17) is 5.73 Å². The number of nitrogens with two attached hydrogens (primary N) is 1. The van der Waals surface area contributed by atoms with Gasteiger partial charge >= 0.3 is 0 Å². The highest BCUT2D eigenvalue weighted by Gasteiger charge is 2.31. The molecule has 0 saturated carbocycles. The van der Waals surface area contributed by atoms with E-state index in [-0.39, 0.29) is 16.9 Å². The fourth-order valence-electron chi connectivity index (χ4n) is 2.82. The van der Waals surface area contributed by atoms with Crippen LogP contribution >= 0.6 is 0 Å². The first-order valence-electron chi connectivity index (χ1n) is 7.79. The van der Waals surface area contributed by atoms with E-state index in [1.54, 1.807) is 24.3 Å². The Bertz CT molecular complexity index is 1130. The van der Waals surface area contributed by atoms with Crippen molar-refractivity contribution < 1.29 is 9.59 Å². The van der Waals surface area contributed by atoms with Crippen molar-refractivity contribution in [1.29, 1.82) is 0 Å². The largest absolute Gasteiger partial charge is 0.384 e. The predicted octanol–water partition coefficient (Wildman–Crippen LogP) is -0.0233. The summed E-state index contributed by atoms with van der Waals surface area (Å²) in [5, 5.41) is 14.2. The molecule has 0 fully saturated rings. The number of aryl methyl sites for hydroxylation is 1. The zero-order valence-electron chi connectivity index (χ0n) is 13.6. The summed E-state index contributed by atoms with van der Waals surface area (Å²) < 4.78 is 1.17. The molecule has 130 valence electrons. The van der Waals surface area contributed by atoms with E-state index >= 15 is 0 Å². The normalized spacial score (nSPS) is 13.0. The summed E-state index contributed by atoms with van der Waals surface area (Å²) in [6, 6.07) is 7.90. The van der Waals surface area contributed by atoms with Crippen LogP contribution in [0, 0.1) is 0 Å². The Morgan fingerprint density at radius 1 is 1.15 bits per heavy atom. The molecule has 0 atom stereocenters. The molecule has 3 N–H and O–H groups in total. The second kappa shape index (κ2) is 5.62. The standard InChI is InChI=1S/C16H13N7O3/c1-2-22-20-14(19-21-22)8-4-3-5-9(6-8)23-11(24)7-10-12(13(23)17)16(26)18-15(10)25/h3-7H,2,17H2,1H3,(H,18,25,26). The number of amides is 2. The third-order valence-electron chi connectivity index (χ3n) is 4.05. The summed E-state index contributed by atoms with van der Waals surface area (Å²) in [5.41, 5.74) is 6.55. The van der Waals surface area contributed by atoms with E-state index in [1.165, 1.54) is 9.36 Å². The predicted molar refractivity (Wildman–Crippen MR) is 90.7 cm³/mol. The SMILES string of the molecule is CCn1nnc(-c2cccc(-n3c(N)c4c(cc3=O)C(=O)NC4=O)c2)n1. The number of benzene rings is 1. The smallest absolute Gasteiger partial charge is 0.262 e. The summed E-state index contributed by atoms with van der Waals surface area (Å²) in [5.74, 6) is -0.956. The molecular formula is C16H13N7O3. The molecule has 0 radical (unpaired) electrons. The van der Waals surface area contributed by atoms with Gasteiger partial charge in [-0.1, -0.05) is 12.1 Å². The van der Waals surface area contributed by atoms with Gasteiger partial charge in [-0.05, 0) is 24.3 Å². The number of hydrogen-bond donors (Lipinski definition) is 2. The van der Waals surface area contributed by atoms with Crippen LogP contribution in [-0.2, 0) is 6.54 Å². The van der Waals surface area contributed by atoms with Crippen molar-refractivity contribution >= 4 is 17.6 Å². The molecule has 0 aliphatic carbocycles. The number of pyridine rings is 1. The van der Waals surface area contributed by atoms with Gasteiger partial charge in [-0.3, -0.25) is 24.3 Å². The van der Waals surface area contributed by atoms with Gasteiger partial charge in [-0.2, -0.15) is 4.80 Å². The Labute approximate surface area is 146 Å². The van der Waals surface area contributed by atoms with Crippen LogP contribution in [0.4, 0.5) is 5.82 Å². The van der Waals surface area contributed by atoms with E-state index < -0.39 is 17.4 Å². The highest BCUT2D eigenvalue weighted by atomic mass is 16.2. The van der Waals surface area contributed by atoms with E-state index in [9.17, 15) is 14.4 Å². The molecule has 0 bridgehead atoms. The maximum atomic E-state index is 12.5. The lowest BCUT2D eigenvalue weighted by Gasteiger charge is -2.12. The lowest BCUT2D eigenvalue weighted by molar-refractivity contribution is 0.0880. The van der Waals surface area contributed by atoms with E-state index in [0.717, 1.165) is 6.07 Å². The van der Waals surface area contributed by atoms with Gasteiger partial charge in [0.2, 0.25) is 5.82 Å². The van der Waals surface area contributed by atoms with Crippen LogP contribution in [0.3, 0.4) is 0 Å². The van der Waals surface area contributed by atoms with Crippen molar-refractivity contribution in [2.24, 2.45) is 0 Å². The first-order valence-corrected chi connectivity index (χ1v) is 7.79. The Morgan fingerprint density at radius 2 is 1.96 bits per heavy atom. The van der Waals surface area contributed by atoms with Gasteiger partial charge in [-0.25, -0.2) is 0 Å². The van der Waals surface area contributed by atoms with Crippen LogP contribution in [0.25, 0.3) is 17.1 Å². The molecule has 1 aliphatic heterocycles. The first kappa shape index (κ1) is 15.7. The molecule has 0 unspecified atom stereocenters. The number of nitrogens with zero attached hydrogens (tertiary/aromatic N) is 5. The van der Waals surface area contributed by atoms with Crippen LogP contribution in [0.5, 0.6) is 0 Å². The molecule has 1 aliphatic rings. The van der Waals surface area contributed by atoms with Crippen LogP contribution in [0.15, 0.2) is 35.1 Å². The number of fused-ring (bicyclic) bond motifs is 1. The van der Waals surface area contributed by atoms with Crippen molar-refractivity contribution in [3.63, 3.8) is 0 Å². The third kappa shape index (κ3) is 2.27. The lowest BCUT2D eigenvalue weighted by atomic mass is 10.1. The van der Waals surface area contributed by atoms with Crippen LogP contribution in [-0.4, -0.2) is 36.6 Å². The number of rotatable bonds is 3. The fraction of sp³-hybridized carbons (Fsp3) is 0.125. The minimum atomic E-state index is -0.630. The topological polar surface area (TPSA) is 138 Å². The minimum Gasteiger partial charge on any atom is -0.384 e. The van der Waals surface area contributed by atoms with Crippen molar-refractivity contribution in [1.82, 2.24) is 30.1 Å². The molecule has 3 aromatic rings. The van der Waals surface area contributed by atoms with Crippen molar-refractivity contribution in [2.45, 2.75) is 13.5 Å². The van der Waals surface area contributed by atoms with Gasteiger partial charge in [0.05, 0.1) is 23.4 Å². The highest BCUT2D eigenvalue weighted by molar-refractivity contribution is 6.23. The van der Waals surface area contributed by atoms with Crippen LogP contribution in [0.1, 0.15) is 27.6 Å². The average Bonchev–Trinajstić information content (AvgIpc) is 3.20. The second-order valence-electron chi connectivity index (χ2n) is 5.63. The van der Waals surface area contributed by atoms with Crippen molar-refractivity contribution in [3.05, 3.63) is 51.8 Å². The quantitative estimate of drug-likeness (QED) is 0.632. The Morgan fingerprint density at radius 3 is 2.69 bits per heavy atom. The number of hydrogen-bond acceptors (Lipinski definition) is 7.